The summed E-state index contributed by atoms with van der Waals surface area (Å²) in [5.74, 6) is 3.47. The molecule has 2 bridgehead atoms. The molecular formula is C14H18O2. The average Bonchev–Trinajstić information content (AvgIpc) is 2.92. The van der Waals surface area contributed by atoms with Gasteiger partial charge in [0.25, 0.3) is 0 Å². The summed E-state index contributed by atoms with van der Waals surface area (Å²) in [4.78, 5) is 0. The topological polar surface area (TPSA) is 18.5 Å². The first kappa shape index (κ1) is 10.0. The highest BCUT2D eigenvalue weighted by atomic mass is 16.5. The number of hydrogen-bond donors (Lipinski definition) is 0. The molecule has 2 saturated carbocycles. The summed E-state index contributed by atoms with van der Waals surface area (Å²) in [6, 6.07) is 7.95. The number of rotatable bonds is 3. The molecule has 2 heteroatoms. The van der Waals surface area contributed by atoms with Crippen LogP contribution in [0.3, 0.4) is 0 Å². The third kappa shape index (κ3) is 1.66. The van der Waals surface area contributed by atoms with Crippen molar-refractivity contribution in [3.05, 3.63) is 24.3 Å². The van der Waals surface area contributed by atoms with Gasteiger partial charge in [-0.2, -0.15) is 0 Å². The fraction of sp³-hybridized carbons (Fsp3) is 0.571. The van der Waals surface area contributed by atoms with Gasteiger partial charge in [0.05, 0.1) is 7.11 Å². The number of hydrogen-bond acceptors (Lipinski definition) is 2. The van der Waals surface area contributed by atoms with E-state index < -0.39 is 0 Å². The Hall–Kier alpha value is -1.18. The first-order valence-corrected chi connectivity index (χ1v) is 6.16. The second-order valence-electron chi connectivity index (χ2n) is 4.98. The van der Waals surface area contributed by atoms with E-state index in [1.54, 1.807) is 7.11 Å². The molecule has 0 unspecified atom stereocenters. The lowest BCUT2D eigenvalue weighted by molar-refractivity contribution is 0.133. The molecule has 3 rings (SSSR count). The number of fused-ring (bicyclic) bond motifs is 2. The van der Waals surface area contributed by atoms with Crippen molar-refractivity contribution in [2.24, 2.45) is 11.8 Å². The van der Waals surface area contributed by atoms with E-state index in [0.29, 0.717) is 6.10 Å². The average molecular weight is 218 g/mol. The van der Waals surface area contributed by atoms with Crippen molar-refractivity contribution in [2.45, 2.75) is 31.8 Å². The van der Waals surface area contributed by atoms with Gasteiger partial charge in [-0.15, -0.1) is 0 Å². The summed E-state index contributed by atoms with van der Waals surface area (Å²) in [6.45, 7) is 0. The predicted octanol–water partition coefficient (Wildman–Crippen LogP) is 3.26. The third-order valence-corrected chi connectivity index (χ3v) is 4.02. The highest BCUT2D eigenvalue weighted by Crippen LogP contribution is 2.46. The van der Waals surface area contributed by atoms with Gasteiger partial charge in [0.2, 0.25) is 0 Å². The first-order valence-electron chi connectivity index (χ1n) is 6.16. The van der Waals surface area contributed by atoms with Gasteiger partial charge in [-0.1, -0.05) is 12.1 Å². The summed E-state index contributed by atoms with van der Waals surface area (Å²) in [7, 11) is 1.70. The molecule has 86 valence electrons. The second kappa shape index (κ2) is 4.00. The van der Waals surface area contributed by atoms with E-state index in [1.807, 2.05) is 24.3 Å². The van der Waals surface area contributed by atoms with E-state index in [1.165, 1.54) is 25.7 Å². The molecule has 0 radical (unpaired) electrons. The summed E-state index contributed by atoms with van der Waals surface area (Å²) >= 11 is 0. The van der Waals surface area contributed by atoms with E-state index in [9.17, 15) is 0 Å². The molecule has 2 aliphatic carbocycles. The molecule has 2 fully saturated rings. The Kier molecular flexibility index (Phi) is 2.50. The maximum absolute atomic E-state index is 6.11. The van der Waals surface area contributed by atoms with Crippen molar-refractivity contribution >= 4 is 0 Å². The second-order valence-corrected chi connectivity index (χ2v) is 4.98. The number of ether oxygens (including phenoxy) is 2. The monoisotopic (exact) mass is 218 g/mol. The normalized spacial score (nSPS) is 31.7. The van der Waals surface area contributed by atoms with Crippen LogP contribution in [0.15, 0.2) is 24.3 Å². The molecule has 0 amide bonds. The van der Waals surface area contributed by atoms with Gasteiger partial charge >= 0.3 is 0 Å². The predicted molar refractivity (Wildman–Crippen MR) is 62.9 cm³/mol. The van der Waals surface area contributed by atoms with Crippen LogP contribution in [-0.2, 0) is 0 Å². The molecule has 0 spiro atoms. The Morgan fingerprint density at radius 2 is 1.88 bits per heavy atom. The Balaban J connectivity index is 1.74. The van der Waals surface area contributed by atoms with Gasteiger partial charge in [0.1, 0.15) is 6.10 Å². The first-order chi connectivity index (χ1) is 7.86. The zero-order valence-electron chi connectivity index (χ0n) is 9.69. The van der Waals surface area contributed by atoms with Crippen molar-refractivity contribution in [3.8, 4) is 11.5 Å². The number of para-hydroxylation sites is 2. The fourth-order valence-electron chi connectivity index (χ4n) is 3.21. The number of benzene rings is 1. The lowest BCUT2D eigenvalue weighted by Crippen LogP contribution is -2.23. The third-order valence-electron chi connectivity index (χ3n) is 4.02. The van der Waals surface area contributed by atoms with Gasteiger partial charge in [0, 0.05) is 0 Å². The Labute approximate surface area is 96.6 Å². The molecule has 2 aliphatic rings. The molecule has 0 aliphatic heterocycles. The van der Waals surface area contributed by atoms with Gasteiger partial charge in [-0.3, -0.25) is 0 Å². The summed E-state index contributed by atoms with van der Waals surface area (Å²) in [6.07, 6.45) is 5.80. The molecular weight excluding hydrogens is 200 g/mol. The van der Waals surface area contributed by atoms with E-state index in [-0.39, 0.29) is 0 Å². The molecule has 0 heterocycles. The maximum atomic E-state index is 6.11. The standard InChI is InChI=1S/C14H18O2/c1-15-12-4-2-3-5-13(12)16-14-9-10-6-7-11(14)8-10/h2-5,10-11,14H,6-9H2,1H3/t10-,11+,14-/m1/s1. The lowest BCUT2D eigenvalue weighted by atomic mass is 9.98. The van der Waals surface area contributed by atoms with Crippen LogP contribution < -0.4 is 9.47 Å². The Morgan fingerprint density at radius 3 is 2.50 bits per heavy atom. The molecule has 1 aromatic carbocycles. The maximum Gasteiger partial charge on any atom is 0.161 e. The van der Waals surface area contributed by atoms with E-state index in [4.69, 9.17) is 9.47 Å². The van der Waals surface area contributed by atoms with Gasteiger partial charge in [0.15, 0.2) is 11.5 Å². The minimum absolute atomic E-state index is 0.426. The molecule has 16 heavy (non-hydrogen) atoms. The van der Waals surface area contributed by atoms with Gasteiger partial charge in [-0.25, -0.2) is 0 Å². The summed E-state index contributed by atoms with van der Waals surface area (Å²) < 4.78 is 11.4. The van der Waals surface area contributed by atoms with Crippen LogP contribution in [0.4, 0.5) is 0 Å². The van der Waals surface area contributed by atoms with Crippen LogP contribution in [0.2, 0.25) is 0 Å². The summed E-state index contributed by atoms with van der Waals surface area (Å²) in [5.41, 5.74) is 0. The highest BCUT2D eigenvalue weighted by molar-refractivity contribution is 5.39. The van der Waals surface area contributed by atoms with Crippen LogP contribution in [0, 0.1) is 11.8 Å². The zero-order chi connectivity index (χ0) is 11.0. The van der Waals surface area contributed by atoms with E-state index in [2.05, 4.69) is 0 Å². The molecule has 3 atom stereocenters. The van der Waals surface area contributed by atoms with Crippen LogP contribution in [0.25, 0.3) is 0 Å². The zero-order valence-corrected chi connectivity index (χ0v) is 9.69. The van der Waals surface area contributed by atoms with E-state index in [0.717, 1.165) is 23.3 Å². The largest absolute Gasteiger partial charge is 0.493 e. The summed E-state index contributed by atoms with van der Waals surface area (Å²) in [5, 5.41) is 0. The van der Waals surface area contributed by atoms with Crippen molar-refractivity contribution in [1.29, 1.82) is 0 Å². The fourth-order valence-corrected chi connectivity index (χ4v) is 3.21. The van der Waals surface area contributed by atoms with Crippen LogP contribution >= 0.6 is 0 Å². The minimum atomic E-state index is 0.426. The smallest absolute Gasteiger partial charge is 0.161 e. The van der Waals surface area contributed by atoms with Crippen LogP contribution in [0.5, 0.6) is 11.5 Å². The van der Waals surface area contributed by atoms with Crippen LogP contribution in [-0.4, -0.2) is 13.2 Å². The van der Waals surface area contributed by atoms with Crippen molar-refractivity contribution < 1.29 is 9.47 Å². The minimum Gasteiger partial charge on any atom is -0.493 e. The Bertz CT molecular complexity index is 375. The van der Waals surface area contributed by atoms with E-state index >= 15 is 0 Å². The van der Waals surface area contributed by atoms with Crippen molar-refractivity contribution in [1.82, 2.24) is 0 Å². The SMILES string of the molecule is COc1ccccc1O[C@@H]1C[C@@H]2CC[C@H]1C2. The molecule has 1 aromatic rings. The Morgan fingerprint density at radius 1 is 1.06 bits per heavy atom. The molecule has 0 aromatic heterocycles. The van der Waals surface area contributed by atoms with Gasteiger partial charge < -0.3 is 9.47 Å². The quantitative estimate of drug-likeness (QED) is 0.775. The lowest BCUT2D eigenvalue weighted by Gasteiger charge is -2.23. The molecule has 0 saturated heterocycles. The van der Waals surface area contributed by atoms with Gasteiger partial charge in [-0.05, 0) is 49.7 Å². The van der Waals surface area contributed by atoms with Crippen LogP contribution in [0.1, 0.15) is 25.7 Å². The van der Waals surface area contributed by atoms with Crippen molar-refractivity contribution in [2.75, 3.05) is 7.11 Å². The highest BCUT2D eigenvalue weighted by Gasteiger charge is 2.41. The van der Waals surface area contributed by atoms with Crippen molar-refractivity contribution in [3.63, 3.8) is 0 Å². The molecule has 2 nitrogen and oxygen atoms in total. The molecule has 0 N–H and O–H groups in total. The number of methoxy groups -OCH3 is 1.